The molecule has 0 unspecified atom stereocenters. The van der Waals surface area contributed by atoms with E-state index in [-0.39, 0.29) is 0 Å². The molecular formula is C19H21NO. The normalized spacial score (nSPS) is 12.0. The van der Waals surface area contributed by atoms with Gasteiger partial charge in [-0.15, -0.1) is 0 Å². The molecule has 1 N–H and O–H groups in total. The molecule has 2 heteroatoms. The third kappa shape index (κ3) is 2.47. The molecule has 1 aromatic heterocycles. The molecular weight excluding hydrogens is 258 g/mol. The Morgan fingerprint density at radius 1 is 0.905 bits per heavy atom. The summed E-state index contributed by atoms with van der Waals surface area (Å²) in [5.41, 5.74) is 4.81. The molecule has 0 amide bonds. The Balaban J connectivity index is 2.32. The molecule has 21 heavy (non-hydrogen) atoms. The summed E-state index contributed by atoms with van der Waals surface area (Å²) < 4.78 is 2.16. The van der Waals surface area contributed by atoms with Gasteiger partial charge in [0.25, 0.3) is 0 Å². The minimum absolute atomic E-state index is 0.858. The van der Waals surface area contributed by atoms with Crippen molar-refractivity contribution in [2.45, 2.75) is 33.3 Å². The molecule has 0 atom stereocenters. The second-order valence-corrected chi connectivity index (χ2v) is 6.33. The molecule has 2 aromatic carbocycles. The van der Waals surface area contributed by atoms with Gasteiger partial charge < -0.3 is 9.67 Å². The van der Waals surface area contributed by atoms with E-state index in [9.17, 15) is 5.11 Å². The van der Waals surface area contributed by atoms with E-state index in [2.05, 4.69) is 67.1 Å². The van der Waals surface area contributed by atoms with E-state index < -0.39 is 5.60 Å². The van der Waals surface area contributed by atoms with E-state index in [0.717, 1.165) is 22.2 Å². The van der Waals surface area contributed by atoms with Gasteiger partial charge in [0.15, 0.2) is 0 Å². The van der Waals surface area contributed by atoms with Crippen LogP contribution >= 0.6 is 0 Å². The van der Waals surface area contributed by atoms with Crippen molar-refractivity contribution in [2.24, 2.45) is 0 Å². The number of hydrogen-bond acceptors (Lipinski definition) is 1. The van der Waals surface area contributed by atoms with E-state index in [4.69, 9.17) is 0 Å². The predicted molar refractivity (Wildman–Crippen MR) is 88.0 cm³/mol. The minimum atomic E-state index is -0.858. The maximum Gasteiger partial charge on any atom is 0.0861 e. The van der Waals surface area contributed by atoms with E-state index in [1.54, 1.807) is 0 Å². The molecule has 0 bridgehead atoms. The Labute approximate surface area is 125 Å². The number of rotatable bonds is 2. The molecule has 0 radical (unpaired) electrons. The van der Waals surface area contributed by atoms with E-state index >= 15 is 0 Å². The third-order valence-electron chi connectivity index (χ3n) is 3.93. The summed E-state index contributed by atoms with van der Waals surface area (Å²) in [6.45, 7) is 7.85. The Hall–Kier alpha value is -2.06. The topological polar surface area (TPSA) is 25.2 Å². The molecule has 0 aliphatic heterocycles. The Kier molecular flexibility index (Phi) is 3.14. The van der Waals surface area contributed by atoms with Gasteiger partial charge in [-0.05, 0) is 51.5 Å². The molecule has 2 nitrogen and oxygen atoms in total. The number of aryl methyl sites for hydroxylation is 2. The highest BCUT2D eigenvalue weighted by atomic mass is 16.3. The maximum atomic E-state index is 10.4. The van der Waals surface area contributed by atoms with Gasteiger partial charge in [-0.25, -0.2) is 0 Å². The number of fused-ring (bicyclic) bond motifs is 1. The van der Waals surface area contributed by atoms with Crippen LogP contribution in [-0.2, 0) is 5.60 Å². The van der Waals surface area contributed by atoms with Crippen LogP contribution in [0.2, 0.25) is 0 Å². The van der Waals surface area contributed by atoms with Crippen molar-refractivity contribution in [3.63, 3.8) is 0 Å². The fourth-order valence-corrected chi connectivity index (χ4v) is 2.74. The van der Waals surface area contributed by atoms with Crippen LogP contribution in [-0.4, -0.2) is 9.67 Å². The average Bonchev–Trinajstić information content (AvgIpc) is 2.78. The Morgan fingerprint density at radius 2 is 1.52 bits per heavy atom. The van der Waals surface area contributed by atoms with Gasteiger partial charge in [0.1, 0.15) is 0 Å². The second-order valence-electron chi connectivity index (χ2n) is 6.33. The lowest BCUT2D eigenvalue weighted by Crippen LogP contribution is -2.14. The summed E-state index contributed by atoms with van der Waals surface area (Å²) in [6, 6.07) is 14.8. The largest absolute Gasteiger partial charge is 0.386 e. The zero-order valence-corrected chi connectivity index (χ0v) is 13.0. The molecule has 0 aliphatic rings. The lowest BCUT2D eigenvalue weighted by molar-refractivity contribution is 0.0801. The van der Waals surface area contributed by atoms with Crippen LogP contribution in [0.3, 0.4) is 0 Å². The summed E-state index contributed by atoms with van der Waals surface area (Å²) in [5, 5.41) is 11.6. The third-order valence-corrected chi connectivity index (χ3v) is 3.93. The second kappa shape index (κ2) is 4.74. The van der Waals surface area contributed by atoms with Crippen LogP contribution in [0.1, 0.15) is 30.5 Å². The molecule has 3 aromatic rings. The van der Waals surface area contributed by atoms with Crippen LogP contribution in [0.4, 0.5) is 0 Å². The van der Waals surface area contributed by atoms with Crippen molar-refractivity contribution in [2.75, 3.05) is 0 Å². The summed E-state index contributed by atoms with van der Waals surface area (Å²) in [5.74, 6) is 0. The van der Waals surface area contributed by atoms with Crippen LogP contribution in [0.15, 0.2) is 48.7 Å². The van der Waals surface area contributed by atoms with Crippen molar-refractivity contribution in [3.8, 4) is 5.69 Å². The zero-order chi connectivity index (χ0) is 15.2. The minimum Gasteiger partial charge on any atom is -0.386 e. The first-order chi connectivity index (χ1) is 9.86. The highest BCUT2D eigenvalue weighted by molar-refractivity contribution is 5.87. The highest BCUT2D eigenvalue weighted by Crippen LogP contribution is 2.32. The summed E-state index contributed by atoms with van der Waals surface area (Å²) in [7, 11) is 0. The van der Waals surface area contributed by atoms with Crippen LogP contribution in [0, 0.1) is 13.8 Å². The fraction of sp³-hybridized carbons (Fsp3) is 0.263. The number of hydrogen-bond donors (Lipinski definition) is 1. The van der Waals surface area contributed by atoms with Gasteiger partial charge >= 0.3 is 0 Å². The number of aliphatic hydroxyl groups is 1. The zero-order valence-electron chi connectivity index (χ0n) is 13.0. The lowest BCUT2D eigenvalue weighted by Gasteiger charge is -2.16. The summed E-state index contributed by atoms with van der Waals surface area (Å²) >= 11 is 0. The van der Waals surface area contributed by atoms with Crippen molar-refractivity contribution in [1.29, 1.82) is 0 Å². The number of benzene rings is 2. The summed E-state index contributed by atoms with van der Waals surface area (Å²) in [4.78, 5) is 0. The van der Waals surface area contributed by atoms with Crippen molar-refractivity contribution in [3.05, 3.63) is 65.4 Å². The first-order valence-corrected chi connectivity index (χ1v) is 7.28. The first kappa shape index (κ1) is 13.9. The maximum absolute atomic E-state index is 10.4. The van der Waals surface area contributed by atoms with E-state index in [1.165, 1.54) is 11.1 Å². The molecule has 0 spiro atoms. The number of nitrogens with zero attached hydrogens (tertiary/aromatic N) is 1. The fourth-order valence-electron chi connectivity index (χ4n) is 2.74. The molecule has 3 rings (SSSR count). The van der Waals surface area contributed by atoms with Crippen LogP contribution in [0.25, 0.3) is 16.6 Å². The molecule has 0 saturated carbocycles. The highest BCUT2D eigenvalue weighted by Gasteiger charge is 2.22. The van der Waals surface area contributed by atoms with Gasteiger partial charge in [-0.2, -0.15) is 0 Å². The lowest BCUT2D eigenvalue weighted by atomic mass is 9.97. The van der Waals surface area contributed by atoms with Gasteiger partial charge in [0, 0.05) is 22.8 Å². The average molecular weight is 279 g/mol. The molecule has 0 fully saturated rings. The smallest absolute Gasteiger partial charge is 0.0861 e. The molecule has 0 saturated heterocycles. The molecule has 0 aliphatic carbocycles. The van der Waals surface area contributed by atoms with Gasteiger partial charge in [0.2, 0.25) is 0 Å². The standard InChI is InChI=1S/C19H21NO/c1-13-5-8-15(9-6-13)20-12-17(19(3,4)21)16-10-7-14(2)11-18(16)20/h5-12,21H,1-4H3. The quantitative estimate of drug-likeness (QED) is 0.735. The van der Waals surface area contributed by atoms with Crippen LogP contribution < -0.4 is 0 Å². The molecule has 1 heterocycles. The Morgan fingerprint density at radius 3 is 2.14 bits per heavy atom. The van der Waals surface area contributed by atoms with Gasteiger partial charge in [-0.1, -0.05) is 29.8 Å². The first-order valence-electron chi connectivity index (χ1n) is 7.28. The van der Waals surface area contributed by atoms with Crippen LogP contribution in [0.5, 0.6) is 0 Å². The van der Waals surface area contributed by atoms with E-state index in [1.807, 2.05) is 13.8 Å². The van der Waals surface area contributed by atoms with Crippen molar-refractivity contribution in [1.82, 2.24) is 4.57 Å². The SMILES string of the molecule is Cc1ccc(-n2cc(C(C)(C)O)c3ccc(C)cc32)cc1. The predicted octanol–water partition coefficient (Wildman–Crippen LogP) is 4.47. The number of aromatic nitrogens is 1. The van der Waals surface area contributed by atoms with Crippen molar-refractivity contribution < 1.29 is 5.11 Å². The van der Waals surface area contributed by atoms with Crippen molar-refractivity contribution >= 4 is 10.9 Å². The van der Waals surface area contributed by atoms with Gasteiger partial charge in [-0.3, -0.25) is 0 Å². The Bertz CT molecular complexity index is 789. The van der Waals surface area contributed by atoms with Gasteiger partial charge in [0.05, 0.1) is 11.1 Å². The summed E-state index contributed by atoms with van der Waals surface area (Å²) in [6.07, 6.45) is 2.05. The van der Waals surface area contributed by atoms with E-state index in [0.29, 0.717) is 0 Å². The monoisotopic (exact) mass is 279 g/mol. The molecule has 108 valence electrons.